The van der Waals surface area contributed by atoms with Crippen molar-refractivity contribution < 1.29 is 9.59 Å². The molecule has 0 aromatic heterocycles. The van der Waals surface area contributed by atoms with Crippen molar-refractivity contribution in [3.05, 3.63) is 107 Å². The number of nitrogens with zero attached hydrogens (tertiary/aromatic N) is 2. The van der Waals surface area contributed by atoms with Gasteiger partial charge in [0.1, 0.15) is 5.92 Å². The molecule has 30 heavy (non-hydrogen) atoms. The molecule has 3 aromatic carbocycles. The average Bonchev–Trinajstić information content (AvgIpc) is 3.06. The summed E-state index contributed by atoms with van der Waals surface area (Å²) in [6.45, 7) is 3.67. The highest BCUT2D eigenvalue weighted by Gasteiger charge is 2.44. The van der Waals surface area contributed by atoms with Gasteiger partial charge in [0.15, 0.2) is 11.6 Å². The lowest BCUT2D eigenvalue weighted by Crippen LogP contribution is -2.31. The summed E-state index contributed by atoms with van der Waals surface area (Å²) >= 11 is 0. The van der Waals surface area contributed by atoms with E-state index in [0.717, 1.165) is 16.8 Å². The van der Waals surface area contributed by atoms with E-state index in [-0.39, 0.29) is 11.6 Å². The molecule has 4 heteroatoms. The fourth-order valence-electron chi connectivity index (χ4n) is 3.86. The second-order valence-electron chi connectivity index (χ2n) is 7.53. The van der Waals surface area contributed by atoms with Gasteiger partial charge in [-0.25, -0.2) is 0 Å². The highest BCUT2D eigenvalue weighted by atomic mass is 16.2. The van der Waals surface area contributed by atoms with Crippen LogP contribution in [-0.2, 0) is 4.79 Å². The van der Waals surface area contributed by atoms with Gasteiger partial charge >= 0.3 is 0 Å². The highest BCUT2D eigenvalue weighted by molar-refractivity contribution is 6.38. The second-order valence-corrected chi connectivity index (χ2v) is 7.53. The van der Waals surface area contributed by atoms with Crippen LogP contribution >= 0.6 is 0 Å². The van der Waals surface area contributed by atoms with Crippen LogP contribution in [0.2, 0.25) is 0 Å². The summed E-state index contributed by atoms with van der Waals surface area (Å²) in [5, 5.41) is 8.53. The number of ketones is 2. The third kappa shape index (κ3) is 3.64. The lowest BCUT2D eigenvalue weighted by atomic mass is 9.80. The maximum Gasteiger partial charge on any atom is 0.180 e. The van der Waals surface area contributed by atoms with E-state index < -0.39 is 11.8 Å². The largest absolute Gasteiger partial charge is 0.297 e. The van der Waals surface area contributed by atoms with Crippen LogP contribution in [-0.4, -0.2) is 23.0 Å². The first-order chi connectivity index (χ1) is 14.6. The first kappa shape index (κ1) is 19.6. The Bertz CT molecular complexity index is 1100. The van der Waals surface area contributed by atoms with Gasteiger partial charge in [-0.2, -0.15) is 10.2 Å². The van der Waals surface area contributed by atoms with Crippen LogP contribution in [0, 0.1) is 5.92 Å². The van der Waals surface area contributed by atoms with Gasteiger partial charge in [-0.05, 0) is 25.0 Å². The zero-order valence-corrected chi connectivity index (χ0v) is 16.9. The molecule has 0 aliphatic heterocycles. The summed E-state index contributed by atoms with van der Waals surface area (Å²) in [5.41, 5.74) is 4.11. The minimum absolute atomic E-state index is 0.184. The Morgan fingerprint density at radius 2 is 1.27 bits per heavy atom. The van der Waals surface area contributed by atoms with Gasteiger partial charge in [-0.1, -0.05) is 84.9 Å². The normalized spacial score (nSPS) is 16.6. The van der Waals surface area contributed by atoms with Crippen LogP contribution in [0.1, 0.15) is 46.8 Å². The Morgan fingerprint density at radius 3 is 1.80 bits per heavy atom. The number of carbonyl (C=O) groups is 2. The van der Waals surface area contributed by atoms with E-state index in [0.29, 0.717) is 16.8 Å². The SMILES string of the molecule is CC(C)=N/N=C1/c2ccccc2C(=O)[C@@H]1C(=O)C(c1ccccc1)c1ccccc1. The fourth-order valence-corrected chi connectivity index (χ4v) is 3.86. The maximum absolute atomic E-state index is 13.9. The second kappa shape index (κ2) is 8.37. The molecule has 1 aliphatic carbocycles. The van der Waals surface area contributed by atoms with Crippen molar-refractivity contribution in [2.24, 2.45) is 16.1 Å². The van der Waals surface area contributed by atoms with E-state index in [1.807, 2.05) is 86.6 Å². The van der Waals surface area contributed by atoms with Crippen LogP contribution in [0.3, 0.4) is 0 Å². The molecule has 4 rings (SSSR count). The summed E-state index contributed by atoms with van der Waals surface area (Å²) < 4.78 is 0. The van der Waals surface area contributed by atoms with E-state index in [2.05, 4.69) is 10.2 Å². The van der Waals surface area contributed by atoms with E-state index in [1.54, 1.807) is 12.1 Å². The average molecular weight is 394 g/mol. The van der Waals surface area contributed by atoms with Gasteiger partial charge in [-0.15, -0.1) is 0 Å². The van der Waals surface area contributed by atoms with E-state index in [9.17, 15) is 9.59 Å². The Morgan fingerprint density at radius 1 is 0.767 bits per heavy atom. The zero-order valence-electron chi connectivity index (χ0n) is 16.9. The van der Waals surface area contributed by atoms with Crippen LogP contribution in [0.25, 0.3) is 0 Å². The van der Waals surface area contributed by atoms with Crippen LogP contribution in [0.5, 0.6) is 0 Å². The molecule has 0 radical (unpaired) electrons. The van der Waals surface area contributed by atoms with Crippen molar-refractivity contribution in [3.63, 3.8) is 0 Å². The van der Waals surface area contributed by atoms with Crippen molar-refractivity contribution >= 4 is 23.0 Å². The molecular formula is C26H22N2O2. The molecule has 3 aromatic rings. The molecule has 0 fully saturated rings. The maximum atomic E-state index is 13.9. The van der Waals surface area contributed by atoms with Gasteiger partial charge in [0.05, 0.1) is 11.6 Å². The smallest absolute Gasteiger partial charge is 0.180 e. The van der Waals surface area contributed by atoms with Gasteiger partial charge in [0.25, 0.3) is 0 Å². The number of hydrogen-bond acceptors (Lipinski definition) is 4. The van der Waals surface area contributed by atoms with Gasteiger partial charge in [0.2, 0.25) is 0 Å². The van der Waals surface area contributed by atoms with E-state index in [1.165, 1.54) is 0 Å². The highest BCUT2D eigenvalue weighted by Crippen LogP contribution is 2.35. The molecule has 4 nitrogen and oxygen atoms in total. The Labute approximate surface area is 176 Å². The Balaban J connectivity index is 1.86. The fraction of sp³-hybridized carbons (Fsp3) is 0.154. The standard InChI is InChI=1S/C26H22N2O2/c1-17(2)27-28-24-20-15-9-10-16-21(20)25(29)23(24)26(30)22(18-11-5-3-6-12-18)19-13-7-4-8-14-19/h3-16,22-23H,1-2H3/b28-24-/t23-/m1/s1. The zero-order chi connectivity index (χ0) is 21.1. The van der Waals surface area contributed by atoms with Crippen molar-refractivity contribution in [1.29, 1.82) is 0 Å². The summed E-state index contributed by atoms with van der Waals surface area (Å²) in [7, 11) is 0. The lowest BCUT2D eigenvalue weighted by molar-refractivity contribution is -0.120. The molecule has 0 N–H and O–H groups in total. The number of hydrogen-bond donors (Lipinski definition) is 0. The molecular weight excluding hydrogens is 372 g/mol. The van der Waals surface area contributed by atoms with Gasteiger partial charge in [0, 0.05) is 16.8 Å². The van der Waals surface area contributed by atoms with Crippen molar-refractivity contribution in [1.82, 2.24) is 0 Å². The molecule has 0 spiro atoms. The van der Waals surface area contributed by atoms with E-state index >= 15 is 0 Å². The number of rotatable bonds is 5. The number of fused-ring (bicyclic) bond motifs is 1. The Hall–Kier alpha value is -3.66. The first-order valence-corrected chi connectivity index (χ1v) is 9.94. The van der Waals surface area contributed by atoms with Crippen molar-refractivity contribution in [2.45, 2.75) is 19.8 Å². The van der Waals surface area contributed by atoms with Crippen LogP contribution < -0.4 is 0 Å². The predicted octanol–water partition coefficient (Wildman–Crippen LogP) is 5.09. The first-order valence-electron chi connectivity index (χ1n) is 9.94. The van der Waals surface area contributed by atoms with Gasteiger partial charge < -0.3 is 0 Å². The summed E-state index contributed by atoms with van der Waals surface area (Å²) in [6.07, 6.45) is 0. The minimum atomic E-state index is -0.976. The van der Waals surface area contributed by atoms with Crippen LogP contribution in [0.4, 0.5) is 0 Å². The number of benzene rings is 3. The molecule has 1 atom stereocenters. The molecule has 0 unspecified atom stereocenters. The molecule has 0 heterocycles. The lowest BCUT2D eigenvalue weighted by Gasteiger charge is -2.20. The quantitative estimate of drug-likeness (QED) is 0.344. The number of Topliss-reactive ketones (excluding diaryl/α,β-unsaturated/α-hetero) is 2. The molecule has 0 saturated carbocycles. The number of carbonyl (C=O) groups excluding carboxylic acids is 2. The molecule has 1 aliphatic rings. The molecule has 0 bridgehead atoms. The predicted molar refractivity (Wildman–Crippen MR) is 119 cm³/mol. The van der Waals surface area contributed by atoms with E-state index in [4.69, 9.17) is 0 Å². The summed E-state index contributed by atoms with van der Waals surface area (Å²) in [5.74, 6) is -1.94. The minimum Gasteiger partial charge on any atom is -0.297 e. The van der Waals surface area contributed by atoms with Crippen molar-refractivity contribution in [2.75, 3.05) is 0 Å². The van der Waals surface area contributed by atoms with Gasteiger partial charge in [-0.3, -0.25) is 9.59 Å². The summed E-state index contributed by atoms with van der Waals surface area (Å²) in [4.78, 5) is 27.2. The molecule has 148 valence electrons. The van der Waals surface area contributed by atoms with Crippen molar-refractivity contribution in [3.8, 4) is 0 Å². The topological polar surface area (TPSA) is 58.9 Å². The third-order valence-electron chi connectivity index (χ3n) is 5.20. The monoisotopic (exact) mass is 394 g/mol. The molecule has 0 amide bonds. The Kier molecular flexibility index (Phi) is 5.48. The summed E-state index contributed by atoms with van der Waals surface area (Å²) in [6, 6.07) is 26.4. The molecule has 0 saturated heterocycles. The third-order valence-corrected chi connectivity index (χ3v) is 5.20. The van der Waals surface area contributed by atoms with Crippen LogP contribution in [0.15, 0.2) is 95.1 Å².